The normalized spacial score (nSPS) is 13.0. The van der Waals surface area contributed by atoms with E-state index in [1.807, 2.05) is 32.8 Å². The quantitative estimate of drug-likeness (QED) is 0.809. The minimum atomic E-state index is -4.54. The molecule has 6 heteroatoms. The molecule has 0 aromatic heterocycles. The topological polar surface area (TPSA) is 15.3 Å². The van der Waals surface area contributed by atoms with E-state index in [0.29, 0.717) is 12.6 Å². The maximum absolute atomic E-state index is 13.0. The van der Waals surface area contributed by atoms with Crippen molar-refractivity contribution in [3.05, 3.63) is 35.1 Å². The van der Waals surface area contributed by atoms with Gasteiger partial charge in [-0.15, -0.1) is 0 Å². The fourth-order valence-electron chi connectivity index (χ4n) is 2.41. The zero-order valence-corrected chi connectivity index (χ0v) is 12.8. The Morgan fingerprint density at radius 2 is 1.76 bits per heavy atom. The Balaban J connectivity index is 2.72. The lowest BCUT2D eigenvalue weighted by molar-refractivity contribution is -0.138. The molecular formula is C15H22F4N2. The monoisotopic (exact) mass is 306 g/mol. The van der Waals surface area contributed by atoms with E-state index in [-0.39, 0.29) is 17.5 Å². The van der Waals surface area contributed by atoms with Crippen LogP contribution in [-0.2, 0) is 12.7 Å². The molecule has 0 aliphatic carbocycles. The average molecular weight is 306 g/mol. The molecule has 120 valence electrons. The van der Waals surface area contributed by atoms with Gasteiger partial charge in [0.15, 0.2) is 0 Å². The summed E-state index contributed by atoms with van der Waals surface area (Å²) in [6.45, 7) is 5.52. The maximum atomic E-state index is 13.0. The van der Waals surface area contributed by atoms with E-state index in [4.69, 9.17) is 0 Å². The van der Waals surface area contributed by atoms with Crippen LogP contribution in [0, 0.1) is 11.2 Å². The molecule has 0 aliphatic heterocycles. The number of hydrogen-bond donors (Lipinski definition) is 1. The van der Waals surface area contributed by atoms with Crippen molar-refractivity contribution < 1.29 is 17.6 Å². The van der Waals surface area contributed by atoms with Gasteiger partial charge in [-0.1, -0.05) is 19.9 Å². The zero-order chi connectivity index (χ0) is 16.3. The number of alkyl halides is 3. The maximum Gasteiger partial charge on any atom is 0.416 e. The van der Waals surface area contributed by atoms with Crippen molar-refractivity contribution in [1.82, 2.24) is 10.2 Å². The summed E-state index contributed by atoms with van der Waals surface area (Å²) in [7, 11) is 3.90. The summed E-state index contributed by atoms with van der Waals surface area (Å²) in [4.78, 5) is 2.03. The number of halogens is 4. The second kappa shape index (κ2) is 6.75. The largest absolute Gasteiger partial charge is 0.416 e. The molecule has 0 fully saturated rings. The van der Waals surface area contributed by atoms with E-state index in [1.165, 1.54) is 6.07 Å². The molecule has 0 atom stereocenters. The summed E-state index contributed by atoms with van der Waals surface area (Å²) in [6, 6.07) is 2.78. The smallest absolute Gasteiger partial charge is 0.312 e. The molecule has 0 saturated heterocycles. The van der Waals surface area contributed by atoms with Crippen LogP contribution in [0.5, 0.6) is 0 Å². The third kappa shape index (κ3) is 6.01. The Morgan fingerprint density at radius 1 is 1.14 bits per heavy atom. The second-order valence-corrected chi connectivity index (χ2v) is 6.30. The highest BCUT2D eigenvalue weighted by Gasteiger charge is 2.33. The van der Waals surface area contributed by atoms with Gasteiger partial charge in [-0.05, 0) is 37.2 Å². The lowest BCUT2D eigenvalue weighted by Crippen LogP contribution is -2.37. The summed E-state index contributed by atoms with van der Waals surface area (Å²) in [5.41, 5.74) is -0.924. The van der Waals surface area contributed by atoms with Crippen LogP contribution in [0.4, 0.5) is 17.6 Å². The van der Waals surface area contributed by atoms with Gasteiger partial charge in [-0.25, -0.2) is 4.39 Å². The van der Waals surface area contributed by atoms with Crippen LogP contribution < -0.4 is 5.32 Å². The van der Waals surface area contributed by atoms with Crippen LogP contribution in [0.25, 0.3) is 0 Å². The number of nitrogens with zero attached hydrogens (tertiary/aromatic N) is 1. The molecule has 0 aliphatic rings. The molecule has 0 amide bonds. The molecular weight excluding hydrogens is 284 g/mol. The summed E-state index contributed by atoms with van der Waals surface area (Å²) in [5, 5.41) is 3.03. The van der Waals surface area contributed by atoms with Gasteiger partial charge in [0.1, 0.15) is 5.82 Å². The predicted molar refractivity (Wildman–Crippen MR) is 75.4 cm³/mol. The van der Waals surface area contributed by atoms with Crippen molar-refractivity contribution in [2.45, 2.75) is 26.6 Å². The number of hydrogen-bond acceptors (Lipinski definition) is 2. The van der Waals surface area contributed by atoms with Crippen LogP contribution in [0.3, 0.4) is 0 Å². The van der Waals surface area contributed by atoms with Crippen LogP contribution in [-0.4, -0.2) is 32.1 Å². The SMILES string of the molecule is CN(C)CC(C)(C)CNCc1ccc(F)cc1C(F)(F)F. The first kappa shape index (κ1) is 17.9. The highest BCUT2D eigenvalue weighted by molar-refractivity contribution is 5.30. The van der Waals surface area contributed by atoms with Crippen molar-refractivity contribution in [3.63, 3.8) is 0 Å². The van der Waals surface area contributed by atoms with Gasteiger partial charge in [0, 0.05) is 19.6 Å². The van der Waals surface area contributed by atoms with Crippen molar-refractivity contribution >= 4 is 0 Å². The summed E-state index contributed by atoms with van der Waals surface area (Å²) in [6.07, 6.45) is -4.54. The number of benzene rings is 1. The Labute approximate surface area is 123 Å². The first-order valence-corrected chi connectivity index (χ1v) is 6.72. The predicted octanol–water partition coefficient (Wildman–Crippen LogP) is 3.52. The van der Waals surface area contributed by atoms with E-state index in [1.54, 1.807) is 0 Å². The van der Waals surface area contributed by atoms with Gasteiger partial charge in [0.25, 0.3) is 0 Å². The molecule has 1 aromatic carbocycles. The molecule has 0 unspecified atom stereocenters. The average Bonchev–Trinajstić information content (AvgIpc) is 2.27. The van der Waals surface area contributed by atoms with Crippen LogP contribution in [0.1, 0.15) is 25.0 Å². The minimum absolute atomic E-state index is 0.0598. The molecule has 21 heavy (non-hydrogen) atoms. The Bertz CT molecular complexity index is 467. The van der Waals surface area contributed by atoms with Gasteiger partial charge >= 0.3 is 6.18 Å². The molecule has 0 radical (unpaired) electrons. The van der Waals surface area contributed by atoms with Gasteiger partial charge < -0.3 is 10.2 Å². The zero-order valence-electron chi connectivity index (χ0n) is 12.8. The molecule has 0 spiro atoms. The van der Waals surface area contributed by atoms with E-state index < -0.39 is 17.6 Å². The highest BCUT2D eigenvalue weighted by atomic mass is 19.4. The first-order valence-electron chi connectivity index (χ1n) is 6.72. The van der Waals surface area contributed by atoms with E-state index >= 15 is 0 Å². The Hall–Kier alpha value is -1.14. The Morgan fingerprint density at radius 3 is 2.29 bits per heavy atom. The van der Waals surface area contributed by atoms with Crippen molar-refractivity contribution in [3.8, 4) is 0 Å². The fourth-order valence-corrected chi connectivity index (χ4v) is 2.41. The lowest BCUT2D eigenvalue weighted by atomic mass is 9.93. The van der Waals surface area contributed by atoms with Crippen LogP contribution >= 0.6 is 0 Å². The van der Waals surface area contributed by atoms with Crippen molar-refractivity contribution in [2.75, 3.05) is 27.2 Å². The van der Waals surface area contributed by atoms with E-state index in [9.17, 15) is 17.6 Å². The molecule has 2 nitrogen and oxygen atoms in total. The first-order chi connectivity index (χ1) is 9.51. The third-order valence-electron chi connectivity index (χ3n) is 3.04. The lowest BCUT2D eigenvalue weighted by Gasteiger charge is -2.28. The van der Waals surface area contributed by atoms with Gasteiger partial charge in [0.05, 0.1) is 5.56 Å². The molecule has 1 aromatic rings. The van der Waals surface area contributed by atoms with Crippen molar-refractivity contribution in [1.29, 1.82) is 0 Å². The van der Waals surface area contributed by atoms with Crippen LogP contribution in [0.2, 0.25) is 0 Å². The second-order valence-electron chi connectivity index (χ2n) is 6.30. The van der Waals surface area contributed by atoms with Gasteiger partial charge in [-0.2, -0.15) is 13.2 Å². The molecule has 1 rings (SSSR count). The Kier molecular flexibility index (Phi) is 5.75. The number of rotatable bonds is 6. The summed E-state index contributed by atoms with van der Waals surface area (Å²) >= 11 is 0. The molecule has 0 saturated carbocycles. The highest BCUT2D eigenvalue weighted by Crippen LogP contribution is 2.32. The minimum Gasteiger partial charge on any atom is -0.312 e. The molecule has 1 N–H and O–H groups in total. The fraction of sp³-hybridized carbons (Fsp3) is 0.600. The third-order valence-corrected chi connectivity index (χ3v) is 3.04. The van der Waals surface area contributed by atoms with Crippen molar-refractivity contribution in [2.24, 2.45) is 5.41 Å². The van der Waals surface area contributed by atoms with E-state index in [2.05, 4.69) is 5.32 Å². The van der Waals surface area contributed by atoms with E-state index in [0.717, 1.165) is 12.6 Å². The molecule has 0 bridgehead atoms. The number of nitrogens with one attached hydrogen (secondary N) is 1. The summed E-state index contributed by atoms with van der Waals surface area (Å²) in [5.74, 6) is -0.876. The van der Waals surface area contributed by atoms with Gasteiger partial charge in [-0.3, -0.25) is 0 Å². The van der Waals surface area contributed by atoms with Gasteiger partial charge in [0.2, 0.25) is 0 Å². The standard InChI is InChI=1S/C15H22F4N2/c1-14(2,10-21(3)4)9-20-8-11-5-6-12(16)7-13(11)15(17,18)19/h5-7,20H,8-10H2,1-4H3. The van der Waals surface area contributed by atoms with Crippen LogP contribution in [0.15, 0.2) is 18.2 Å². The summed E-state index contributed by atoms with van der Waals surface area (Å²) < 4.78 is 51.6. The molecule has 0 heterocycles.